The van der Waals surface area contributed by atoms with Crippen molar-refractivity contribution in [2.24, 2.45) is 0 Å². The molecule has 6 nitrogen and oxygen atoms in total. The quantitative estimate of drug-likeness (QED) is 0.786. The molecule has 0 bridgehead atoms. The summed E-state index contributed by atoms with van der Waals surface area (Å²) in [6, 6.07) is 6.60. The van der Waals surface area contributed by atoms with Gasteiger partial charge >= 0.3 is 0 Å². The molecule has 0 spiro atoms. The standard InChI is InChI=1S/C16H21ClN4O2S/c1-2-20-12-18-19-16(20)10-9-13-6-5-11-21(13)24(22,23)15-8-4-3-7-14(15)17/h3-4,7-8,12-13H,2,5-6,9-11H2,1H3. The molecule has 1 unspecified atom stereocenters. The number of rotatable bonds is 6. The minimum Gasteiger partial charge on any atom is -0.318 e. The molecule has 0 saturated carbocycles. The van der Waals surface area contributed by atoms with E-state index in [0.717, 1.165) is 31.6 Å². The fraction of sp³-hybridized carbons (Fsp3) is 0.500. The number of benzene rings is 1. The first kappa shape index (κ1) is 17.4. The van der Waals surface area contributed by atoms with Crippen molar-refractivity contribution in [1.29, 1.82) is 0 Å². The lowest BCUT2D eigenvalue weighted by molar-refractivity contribution is 0.367. The molecule has 1 aromatic carbocycles. The maximum absolute atomic E-state index is 13.0. The minimum absolute atomic E-state index is 0.0201. The Morgan fingerprint density at radius 3 is 2.88 bits per heavy atom. The number of aromatic nitrogens is 3. The zero-order valence-electron chi connectivity index (χ0n) is 13.6. The van der Waals surface area contributed by atoms with Gasteiger partial charge in [0.1, 0.15) is 17.0 Å². The fourth-order valence-corrected chi connectivity index (χ4v) is 5.45. The molecule has 1 aliphatic rings. The number of aryl methyl sites for hydroxylation is 2. The molecule has 0 amide bonds. The van der Waals surface area contributed by atoms with Gasteiger partial charge in [0.25, 0.3) is 0 Å². The van der Waals surface area contributed by atoms with E-state index in [1.165, 1.54) is 0 Å². The Labute approximate surface area is 147 Å². The number of hydrogen-bond acceptors (Lipinski definition) is 4. The summed E-state index contributed by atoms with van der Waals surface area (Å²) in [5.41, 5.74) is 0. The zero-order chi connectivity index (χ0) is 17.2. The second kappa shape index (κ2) is 7.21. The Morgan fingerprint density at radius 2 is 2.12 bits per heavy atom. The van der Waals surface area contributed by atoms with E-state index in [0.29, 0.717) is 13.0 Å². The third-order valence-corrected chi connectivity index (χ3v) is 6.94. The first-order valence-corrected chi connectivity index (χ1v) is 9.99. The van der Waals surface area contributed by atoms with Crippen molar-refractivity contribution in [2.75, 3.05) is 6.54 Å². The summed E-state index contributed by atoms with van der Waals surface area (Å²) in [6.07, 6.45) is 4.90. The van der Waals surface area contributed by atoms with Gasteiger partial charge in [0.05, 0.1) is 5.02 Å². The van der Waals surface area contributed by atoms with Crippen molar-refractivity contribution < 1.29 is 8.42 Å². The van der Waals surface area contributed by atoms with Crippen LogP contribution >= 0.6 is 11.6 Å². The van der Waals surface area contributed by atoms with Crippen molar-refractivity contribution in [3.05, 3.63) is 41.4 Å². The molecule has 0 aliphatic carbocycles. The summed E-state index contributed by atoms with van der Waals surface area (Å²) >= 11 is 6.11. The molecule has 1 saturated heterocycles. The van der Waals surface area contributed by atoms with Crippen LogP contribution in [0.4, 0.5) is 0 Å². The van der Waals surface area contributed by atoms with Gasteiger partial charge in [-0.3, -0.25) is 0 Å². The Kier molecular flexibility index (Phi) is 5.22. The van der Waals surface area contributed by atoms with Crippen molar-refractivity contribution >= 4 is 21.6 Å². The number of hydrogen-bond donors (Lipinski definition) is 0. The second-order valence-electron chi connectivity index (χ2n) is 5.91. The van der Waals surface area contributed by atoms with Gasteiger partial charge in [0.2, 0.25) is 10.0 Å². The second-order valence-corrected chi connectivity index (χ2v) is 8.18. The molecule has 0 radical (unpaired) electrons. The van der Waals surface area contributed by atoms with Crippen LogP contribution in [-0.2, 0) is 23.0 Å². The van der Waals surface area contributed by atoms with Crippen molar-refractivity contribution in [2.45, 2.75) is 50.1 Å². The predicted molar refractivity (Wildman–Crippen MR) is 92.4 cm³/mol. The minimum atomic E-state index is -3.57. The van der Waals surface area contributed by atoms with Crippen LogP contribution in [0.5, 0.6) is 0 Å². The molecule has 2 heterocycles. The molecule has 1 atom stereocenters. The zero-order valence-corrected chi connectivity index (χ0v) is 15.2. The van der Waals surface area contributed by atoms with Gasteiger partial charge in [-0.05, 0) is 38.3 Å². The first-order valence-electron chi connectivity index (χ1n) is 8.17. The summed E-state index contributed by atoms with van der Waals surface area (Å²) < 4.78 is 29.5. The Balaban J connectivity index is 1.77. The molecule has 2 aromatic rings. The number of halogens is 1. The highest BCUT2D eigenvalue weighted by Gasteiger charge is 2.36. The van der Waals surface area contributed by atoms with Gasteiger partial charge in [-0.1, -0.05) is 23.7 Å². The van der Waals surface area contributed by atoms with Gasteiger partial charge in [0, 0.05) is 25.6 Å². The molecule has 24 heavy (non-hydrogen) atoms. The fourth-order valence-electron chi connectivity index (χ4n) is 3.23. The summed E-state index contributed by atoms with van der Waals surface area (Å²) in [4.78, 5) is 0.190. The predicted octanol–water partition coefficient (Wildman–Crippen LogP) is 2.74. The van der Waals surface area contributed by atoms with Crippen LogP contribution in [0.2, 0.25) is 5.02 Å². The maximum Gasteiger partial charge on any atom is 0.244 e. The molecule has 1 aromatic heterocycles. The van der Waals surface area contributed by atoms with Crippen molar-refractivity contribution in [1.82, 2.24) is 19.1 Å². The van der Waals surface area contributed by atoms with E-state index in [4.69, 9.17) is 11.6 Å². The summed E-state index contributed by atoms with van der Waals surface area (Å²) in [5, 5.41) is 8.33. The van der Waals surface area contributed by atoms with E-state index in [-0.39, 0.29) is 16.0 Å². The van der Waals surface area contributed by atoms with Crippen molar-refractivity contribution in [3.63, 3.8) is 0 Å². The molecule has 1 aliphatic heterocycles. The van der Waals surface area contributed by atoms with Crippen LogP contribution < -0.4 is 0 Å². The van der Waals surface area contributed by atoms with E-state index in [1.54, 1.807) is 34.9 Å². The highest BCUT2D eigenvalue weighted by molar-refractivity contribution is 7.89. The molecule has 0 N–H and O–H groups in total. The van der Waals surface area contributed by atoms with E-state index in [1.807, 2.05) is 11.5 Å². The van der Waals surface area contributed by atoms with Crippen LogP contribution in [0.1, 0.15) is 32.0 Å². The van der Waals surface area contributed by atoms with Crippen LogP contribution in [0.3, 0.4) is 0 Å². The highest BCUT2D eigenvalue weighted by Crippen LogP contribution is 2.31. The van der Waals surface area contributed by atoms with E-state index in [9.17, 15) is 8.42 Å². The van der Waals surface area contributed by atoms with Crippen LogP contribution in [0, 0.1) is 0 Å². The summed E-state index contributed by atoms with van der Waals surface area (Å²) in [5.74, 6) is 0.902. The topological polar surface area (TPSA) is 68.1 Å². The van der Waals surface area contributed by atoms with Gasteiger partial charge in [-0.15, -0.1) is 10.2 Å². The average molecular weight is 369 g/mol. The summed E-state index contributed by atoms with van der Waals surface area (Å²) in [7, 11) is -3.57. The Hall–Kier alpha value is -1.44. The van der Waals surface area contributed by atoms with Crippen molar-refractivity contribution in [3.8, 4) is 0 Å². The third kappa shape index (κ3) is 3.34. The highest BCUT2D eigenvalue weighted by atomic mass is 35.5. The molecular weight excluding hydrogens is 348 g/mol. The number of nitrogens with zero attached hydrogens (tertiary/aromatic N) is 4. The molecule has 3 rings (SSSR count). The third-order valence-electron chi connectivity index (χ3n) is 4.48. The van der Waals surface area contributed by atoms with E-state index in [2.05, 4.69) is 10.2 Å². The van der Waals surface area contributed by atoms with Crippen LogP contribution in [0.25, 0.3) is 0 Å². The summed E-state index contributed by atoms with van der Waals surface area (Å²) in [6.45, 7) is 3.39. The van der Waals surface area contributed by atoms with Crippen LogP contribution in [0.15, 0.2) is 35.5 Å². The Morgan fingerprint density at radius 1 is 1.33 bits per heavy atom. The van der Waals surface area contributed by atoms with Crippen LogP contribution in [-0.4, -0.2) is 40.1 Å². The average Bonchev–Trinajstić information content (AvgIpc) is 3.22. The molecule has 130 valence electrons. The number of sulfonamides is 1. The normalized spacial score (nSPS) is 19.0. The van der Waals surface area contributed by atoms with E-state index < -0.39 is 10.0 Å². The Bertz CT molecular complexity index is 806. The van der Waals surface area contributed by atoms with Gasteiger partial charge < -0.3 is 4.57 Å². The SMILES string of the molecule is CCn1cnnc1CCC1CCCN1S(=O)(=O)c1ccccc1Cl. The molecule has 1 fully saturated rings. The first-order chi connectivity index (χ1) is 11.5. The largest absolute Gasteiger partial charge is 0.318 e. The van der Waals surface area contributed by atoms with Gasteiger partial charge in [0.15, 0.2) is 0 Å². The van der Waals surface area contributed by atoms with E-state index >= 15 is 0 Å². The smallest absolute Gasteiger partial charge is 0.244 e. The molecule has 8 heteroatoms. The maximum atomic E-state index is 13.0. The lowest BCUT2D eigenvalue weighted by Crippen LogP contribution is -2.36. The monoisotopic (exact) mass is 368 g/mol. The lowest BCUT2D eigenvalue weighted by atomic mass is 10.1. The van der Waals surface area contributed by atoms with Gasteiger partial charge in [-0.25, -0.2) is 8.42 Å². The lowest BCUT2D eigenvalue weighted by Gasteiger charge is -2.24. The molecular formula is C16H21ClN4O2S. The van der Waals surface area contributed by atoms with Gasteiger partial charge in [-0.2, -0.15) is 4.31 Å².